The maximum Gasteiger partial charge on any atom is 0.291 e. The Labute approximate surface area is 169 Å². The van der Waals surface area contributed by atoms with Crippen LogP contribution in [0.5, 0.6) is 5.75 Å². The van der Waals surface area contributed by atoms with Crippen molar-refractivity contribution in [3.63, 3.8) is 0 Å². The molecule has 2 N–H and O–H groups in total. The average molecular weight is 392 g/mol. The maximum atomic E-state index is 12.2. The second kappa shape index (κ2) is 9.10. The van der Waals surface area contributed by atoms with Gasteiger partial charge in [-0.3, -0.25) is 9.59 Å². The number of amides is 2. The minimum Gasteiger partial charge on any atom is -0.484 e. The Morgan fingerprint density at radius 3 is 2.45 bits per heavy atom. The summed E-state index contributed by atoms with van der Waals surface area (Å²) < 4.78 is 10.6. The van der Waals surface area contributed by atoms with Crippen LogP contribution in [0, 0.1) is 13.8 Å². The summed E-state index contributed by atoms with van der Waals surface area (Å²) in [5.74, 6) is 0.240. The summed E-state index contributed by atoms with van der Waals surface area (Å²) in [4.78, 5) is 24.1. The van der Waals surface area contributed by atoms with Crippen molar-refractivity contribution in [2.75, 3.05) is 11.9 Å². The molecular formula is C23H24N2O4. The van der Waals surface area contributed by atoms with E-state index < -0.39 is 0 Å². The van der Waals surface area contributed by atoms with Gasteiger partial charge in [-0.25, -0.2) is 0 Å². The van der Waals surface area contributed by atoms with E-state index in [9.17, 15) is 9.59 Å². The molecule has 1 atom stereocenters. The Morgan fingerprint density at radius 2 is 1.79 bits per heavy atom. The summed E-state index contributed by atoms with van der Waals surface area (Å²) in [7, 11) is 0. The average Bonchev–Trinajstić information content (AvgIpc) is 3.24. The third-order valence-electron chi connectivity index (χ3n) is 4.64. The molecule has 0 spiro atoms. The molecule has 1 heterocycles. The molecule has 150 valence electrons. The van der Waals surface area contributed by atoms with Crippen LogP contribution in [0.3, 0.4) is 0 Å². The van der Waals surface area contributed by atoms with Crippen molar-refractivity contribution in [1.82, 2.24) is 5.32 Å². The van der Waals surface area contributed by atoms with E-state index in [2.05, 4.69) is 36.6 Å². The lowest BCUT2D eigenvalue weighted by Crippen LogP contribution is -2.31. The number of aryl methyl sites for hydroxylation is 2. The topological polar surface area (TPSA) is 80.6 Å². The molecule has 0 aliphatic rings. The zero-order valence-electron chi connectivity index (χ0n) is 16.7. The van der Waals surface area contributed by atoms with E-state index in [0.29, 0.717) is 11.4 Å². The molecular weight excluding hydrogens is 368 g/mol. The van der Waals surface area contributed by atoms with Gasteiger partial charge < -0.3 is 19.8 Å². The standard InChI is InChI=1S/C23H24N2O4/c1-15-6-7-18(13-16(15)2)17(3)24-22(26)14-29-20-10-8-19(9-11-20)25-23(27)21-5-4-12-28-21/h4-13,17H,14H2,1-3H3,(H,24,26)(H,25,27). The van der Waals surface area contributed by atoms with Gasteiger partial charge in [-0.15, -0.1) is 0 Å². The number of ether oxygens (including phenoxy) is 1. The Bertz CT molecular complexity index is 979. The van der Waals surface area contributed by atoms with Gasteiger partial charge in [-0.1, -0.05) is 18.2 Å². The molecule has 0 saturated heterocycles. The lowest BCUT2D eigenvalue weighted by molar-refractivity contribution is -0.123. The number of carbonyl (C=O) groups excluding carboxylic acids is 2. The first-order valence-corrected chi connectivity index (χ1v) is 9.36. The van der Waals surface area contributed by atoms with Gasteiger partial charge >= 0.3 is 0 Å². The fraction of sp³-hybridized carbons (Fsp3) is 0.217. The van der Waals surface area contributed by atoms with Crippen LogP contribution in [0.1, 0.15) is 40.2 Å². The largest absolute Gasteiger partial charge is 0.484 e. The van der Waals surface area contributed by atoms with Crippen LogP contribution in [-0.4, -0.2) is 18.4 Å². The van der Waals surface area contributed by atoms with Crippen LogP contribution < -0.4 is 15.4 Å². The van der Waals surface area contributed by atoms with Crippen LogP contribution in [0.4, 0.5) is 5.69 Å². The van der Waals surface area contributed by atoms with Crippen molar-refractivity contribution >= 4 is 17.5 Å². The molecule has 29 heavy (non-hydrogen) atoms. The first-order valence-electron chi connectivity index (χ1n) is 9.36. The monoisotopic (exact) mass is 392 g/mol. The van der Waals surface area contributed by atoms with Gasteiger partial charge in [-0.2, -0.15) is 0 Å². The van der Waals surface area contributed by atoms with E-state index >= 15 is 0 Å². The molecule has 2 aromatic carbocycles. The summed E-state index contributed by atoms with van der Waals surface area (Å²) in [5.41, 5.74) is 4.07. The van der Waals surface area contributed by atoms with Gasteiger partial charge in [0.2, 0.25) is 0 Å². The Kier molecular flexibility index (Phi) is 6.34. The van der Waals surface area contributed by atoms with E-state index in [1.807, 2.05) is 13.0 Å². The molecule has 1 unspecified atom stereocenters. The summed E-state index contributed by atoms with van der Waals surface area (Å²) in [5, 5.41) is 5.66. The number of nitrogens with one attached hydrogen (secondary N) is 2. The number of hydrogen-bond donors (Lipinski definition) is 2. The van der Waals surface area contributed by atoms with Crippen LogP contribution in [0.15, 0.2) is 65.3 Å². The first kappa shape index (κ1) is 20.2. The number of benzene rings is 2. The first-order chi connectivity index (χ1) is 13.9. The zero-order valence-corrected chi connectivity index (χ0v) is 16.7. The predicted molar refractivity (Wildman–Crippen MR) is 111 cm³/mol. The summed E-state index contributed by atoms with van der Waals surface area (Å²) in [6.07, 6.45) is 1.44. The van der Waals surface area contributed by atoms with E-state index in [0.717, 1.165) is 5.56 Å². The highest BCUT2D eigenvalue weighted by molar-refractivity contribution is 6.02. The van der Waals surface area contributed by atoms with Crippen molar-refractivity contribution in [1.29, 1.82) is 0 Å². The Hall–Kier alpha value is -3.54. The Morgan fingerprint density at radius 1 is 1.03 bits per heavy atom. The van der Waals surface area contributed by atoms with E-state index in [1.54, 1.807) is 36.4 Å². The molecule has 3 aromatic rings. The van der Waals surface area contributed by atoms with Gasteiger partial charge in [0, 0.05) is 5.69 Å². The molecule has 2 amide bonds. The highest BCUT2D eigenvalue weighted by atomic mass is 16.5. The van der Waals surface area contributed by atoms with Crippen molar-refractivity contribution in [3.8, 4) is 5.75 Å². The molecule has 0 bridgehead atoms. The van der Waals surface area contributed by atoms with Crippen LogP contribution in [0.25, 0.3) is 0 Å². The van der Waals surface area contributed by atoms with Crippen molar-refractivity contribution in [2.45, 2.75) is 26.8 Å². The number of carbonyl (C=O) groups is 2. The molecule has 3 rings (SSSR count). The van der Waals surface area contributed by atoms with Crippen LogP contribution >= 0.6 is 0 Å². The summed E-state index contributed by atoms with van der Waals surface area (Å²) in [6, 6.07) is 16.1. The number of furan rings is 1. The third kappa shape index (κ3) is 5.48. The van der Waals surface area contributed by atoms with E-state index in [1.165, 1.54) is 17.4 Å². The van der Waals surface area contributed by atoms with Crippen LogP contribution in [-0.2, 0) is 4.79 Å². The fourth-order valence-electron chi connectivity index (χ4n) is 2.78. The second-order valence-electron chi connectivity index (χ2n) is 6.88. The highest BCUT2D eigenvalue weighted by Crippen LogP contribution is 2.18. The van der Waals surface area contributed by atoms with Crippen molar-refractivity contribution < 1.29 is 18.7 Å². The van der Waals surface area contributed by atoms with Gasteiger partial charge in [-0.05, 0) is 73.9 Å². The fourth-order valence-corrected chi connectivity index (χ4v) is 2.78. The van der Waals surface area contributed by atoms with Gasteiger partial charge in [0.1, 0.15) is 5.75 Å². The molecule has 0 saturated carbocycles. The van der Waals surface area contributed by atoms with Crippen molar-refractivity contribution in [2.24, 2.45) is 0 Å². The van der Waals surface area contributed by atoms with Gasteiger partial charge in [0.25, 0.3) is 11.8 Å². The van der Waals surface area contributed by atoms with Gasteiger partial charge in [0.05, 0.1) is 12.3 Å². The minimum absolute atomic E-state index is 0.0900. The number of anilines is 1. The van der Waals surface area contributed by atoms with Gasteiger partial charge in [0.15, 0.2) is 12.4 Å². The summed E-state index contributed by atoms with van der Waals surface area (Å²) >= 11 is 0. The molecule has 0 radical (unpaired) electrons. The zero-order chi connectivity index (χ0) is 20.8. The van der Waals surface area contributed by atoms with E-state index in [-0.39, 0.29) is 30.2 Å². The number of hydrogen-bond acceptors (Lipinski definition) is 4. The third-order valence-corrected chi connectivity index (χ3v) is 4.64. The smallest absolute Gasteiger partial charge is 0.291 e. The SMILES string of the molecule is Cc1ccc(C(C)NC(=O)COc2ccc(NC(=O)c3ccco3)cc2)cc1C. The molecule has 6 nitrogen and oxygen atoms in total. The lowest BCUT2D eigenvalue weighted by atomic mass is 10.0. The molecule has 1 aromatic heterocycles. The normalized spacial score (nSPS) is 11.6. The second-order valence-corrected chi connectivity index (χ2v) is 6.88. The van der Waals surface area contributed by atoms with Crippen molar-refractivity contribution in [3.05, 3.63) is 83.3 Å². The Balaban J connectivity index is 1.48. The quantitative estimate of drug-likeness (QED) is 0.624. The van der Waals surface area contributed by atoms with Crippen LogP contribution in [0.2, 0.25) is 0 Å². The summed E-state index contributed by atoms with van der Waals surface area (Å²) in [6.45, 7) is 5.97. The molecule has 6 heteroatoms. The lowest BCUT2D eigenvalue weighted by Gasteiger charge is -2.16. The predicted octanol–water partition coefficient (Wildman–Crippen LogP) is 4.40. The van der Waals surface area contributed by atoms with E-state index in [4.69, 9.17) is 9.15 Å². The maximum absolute atomic E-state index is 12.2. The number of rotatable bonds is 7. The highest BCUT2D eigenvalue weighted by Gasteiger charge is 2.12. The molecule has 0 aliphatic heterocycles. The molecule has 0 fully saturated rings. The molecule has 0 aliphatic carbocycles. The minimum atomic E-state index is -0.330.